The van der Waals surface area contributed by atoms with Crippen molar-refractivity contribution in [3.63, 3.8) is 0 Å². The highest BCUT2D eigenvalue weighted by Gasteiger charge is 2.22. The Morgan fingerprint density at radius 3 is 2.66 bits per heavy atom. The van der Waals surface area contributed by atoms with E-state index < -0.39 is 0 Å². The first-order chi connectivity index (χ1) is 21.5. The Kier molecular flexibility index (Phi) is 9.56. The van der Waals surface area contributed by atoms with Crippen LogP contribution in [0.5, 0.6) is 23.0 Å². The fourth-order valence-corrected chi connectivity index (χ4v) is 6.47. The van der Waals surface area contributed by atoms with Crippen LogP contribution >= 0.6 is 27.5 Å². The van der Waals surface area contributed by atoms with Gasteiger partial charge in [0.1, 0.15) is 49.7 Å². The van der Waals surface area contributed by atoms with Gasteiger partial charge in [0.25, 0.3) is 0 Å². The third-order valence-corrected chi connectivity index (χ3v) is 9.31. The van der Waals surface area contributed by atoms with E-state index in [-0.39, 0.29) is 0 Å². The summed E-state index contributed by atoms with van der Waals surface area (Å²) in [5.41, 5.74) is 5.25. The maximum Gasteiger partial charge on any atom is 0.161 e. The second-order valence-electron chi connectivity index (χ2n) is 11.1. The van der Waals surface area contributed by atoms with Gasteiger partial charge in [-0.3, -0.25) is 4.90 Å². The molecular formula is C35H33BrClN3O4. The Balaban J connectivity index is 1.24. The van der Waals surface area contributed by atoms with Crippen LogP contribution in [-0.4, -0.2) is 35.7 Å². The molecule has 1 saturated heterocycles. The van der Waals surface area contributed by atoms with Gasteiger partial charge in [0.2, 0.25) is 0 Å². The van der Waals surface area contributed by atoms with Gasteiger partial charge in [0.05, 0.1) is 5.02 Å². The standard InChI is InChI=1S/C35H33BrClN3O4/c1-23-5-2-3-12-40(23)20-27-16-30(37)33(18-32(27)43-21-24-10-11-39-28(15-24)19-38)44-22-26-6-4-7-29(35(26)36)25-8-9-31-34(17-25)42-14-13-41-31/h4,6-11,15-18,23H,2-3,5,12-14,20-22H2,1H3/t23-/m1/s1. The molecule has 0 radical (unpaired) electrons. The quantitative estimate of drug-likeness (QED) is 0.177. The minimum Gasteiger partial charge on any atom is -0.488 e. The first kappa shape index (κ1) is 30.3. The van der Waals surface area contributed by atoms with Crippen LogP contribution in [0.3, 0.4) is 0 Å². The van der Waals surface area contributed by atoms with E-state index in [9.17, 15) is 5.26 Å². The van der Waals surface area contributed by atoms with Crippen molar-refractivity contribution in [3.05, 3.63) is 98.7 Å². The molecule has 7 nitrogen and oxygen atoms in total. The molecular weight excluding hydrogens is 642 g/mol. The van der Waals surface area contributed by atoms with Crippen molar-refractivity contribution in [1.29, 1.82) is 5.26 Å². The number of hydrogen-bond donors (Lipinski definition) is 0. The molecule has 0 bridgehead atoms. The Labute approximate surface area is 271 Å². The number of benzene rings is 3. The number of halogens is 2. The van der Waals surface area contributed by atoms with Gasteiger partial charge in [-0.2, -0.15) is 5.26 Å². The second kappa shape index (κ2) is 13.9. The SMILES string of the molecule is C[C@@H]1CCCCN1Cc1cc(Cl)c(OCc2cccc(-c3ccc4c(c3)OCCO4)c2Br)cc1OCc1ccnc(C#N)c1. The summed E-state index contributed by atoms with van der Waals surface area (Å²) in [7, 11) is 0. The summed E-state index contributed by atoms with van der Waals surface area (Å²) >= 11 is 10.6. The van der Waals surface area contributed by atoms with Crippen molar-refractivity contribution in [2.75, 3.05) is 19.8 Å². The summed E-state index contributed by atoms with van der Waals surface area (Å²) in [4.78, 5) is 6.55. The molecule has 44 heavy (non-hydrogen) atoms. The molecule has 2 aliphatic rings. The summed E-state index contributed by atoms with van der Waals surface area (Å²) < 4.78 is 25.1. The highest BCUT2D eigenvalue weighted by atomic mass is 79.9. The topological polar surface area (TPSA) is 76.8 Å². The van der Waals surface area contributed by atoms with Crippen molar-refractivity contribution in [2.45, 2.75) is 52.0 Å². The van der Waals surface area contributed by atoms with Gasteiger partial charge >= 0.3 is 0 Å². The average Bonchev–Trinajstić information content (AvgIpc) is 3.05. The number of pyridine rings is 1. The van der Waals surface area contributed by atoms with Gasteiger partial charge in [-0.1, -0.05) is 42.3 Å². The fraction of sp³-hybridized carbons (Fsp3) is 0.314. The van der Waals surface area contributed by atoms with Gasteiger partial charge < -0.3 is 18.9 Å². The second-order valence-corrected chi connectivity index (χ2v) is 12.3. The van der Waals surface area contributed by atoms with E-state index in [4.69, 9.17) is 30.5 Å². The maximum absolute atomic E-state index is 9.26. The Bertz CT molecular complexity index is 1690. The lowest BCUT2D eigenvalue weighted by Crippen LogP contribution is -2.36. The Hall–Kier alpha value is -3.77. The van der Waals surface area contributed by atoms with Crippen LogP contribution in [0.1, 0.15) is 48.6 Å². The molecule has 4 aromatic rings. The summed E-state index contributed by atoms with van der Waals surface area (Å²) in [6.45, 7) is 5.75. The van der Waals surface area contributed by atoms with E-state index in [2.05, 4.69) is 44.9 Å². The maximum atomic E-state index is 9.26. The van der Waals surface area contributed by atoms with E-state index >= 15 is 0 Å². The minimum atomic E-state index is 0.296. The molecule has 0 spiro atoms. The number of nitriles is 1. The number of fused-ring (bicyclic) bond motifs is 1. The third-order valence-electron chi connectivity index (χ3n) is 8.08. The van der Waals surface area contributed by atoms with Gasteiger partial charge in [-0.15, -0.1) is 0 Å². The molecule has 0 aliphatic carbocycles. The molecule has 0 unspecified atom stereocenters. The average molecular weight is 675 g/mol. The Morgan fingerprint density at radius 2 is 1.82 bits per heavy atom. The van der Waals surface area contributed by atoms with Crippen LogP contribution in [0.2, 0.25) is 5.02 Å². The van der Waals surface area contributed by atoms with E-state index in [1.54, 1.807) is 12.3 Å². The summed E-state index contributed by atoms with van der Waals surface area (Å²) in [5.74, 6) is 2.76. The third kappa shape index (κ3) is 6.96. The molecule has 2 aliphatic heterocycles. The minimum absolute atomic E-state index is 0.296. The molecule has 9 heteroatoms. The highest BCUT2D eigenvalue weighted by molar-refractivity contribution is 9.10. The van der Waals surface area contributed by atoms with E-state index in [0.717, 1.165) is 56.9 Å². The summed E-state index contributed by atoms with van der Waals surface area (Å²) in [6, 6.07) is 22.1. The monoisotopic (exact) mass is 673 g/mol. The summed E-state index contributed by atoms with van der Waals surface area (Å²) in [6.07, 6.45) is 5.24. The van der Waals surface area contributed by atoms with Crippen LogP contribution in [0.25, 0.3) is 11.1 Å². The largest absolute Gasteiger partial charge is 0.488 e. The number of nitrogens with zero attached hydrogens (tertiary/aromatic N) is 3. The van der Waals surface area contributed by atoms with Crippen LogP contribution < -0.4 is 18.9 Å². The smallest absolute Gasteiger partial charge is 0.161 e. The molecule has 3 heterocycles. The van der Waals surface area contributed by atoms with E-state index in [1.165, 1.54) is 19.3 Å². The van der Waals surface area contributed by atoms with Crippen LogP contribution in [0.15, 0.2) is 71.3 Å². The lowest BCUT2D eigenvalue weighted by molar-refractivity contribution is 0.150. The number of rotatable bonds is 9. The van der Waals surface area contributed by atoms with Gasteiger partial charge in [0.15, 0.2) is 11.5 Å². The molecule has 3 aromatic carbocycles. The molecule has 226 valence electrons. The molecule has 1 fully saturated rings. The first-order valence-corrected chi connectivity index (χ1v) is 16.0. The highest BCUT2D eigenvalue weighted by Crippen LogP contribution is 2.39. The van der Waals surface area contributed by atoms with Crippen molar-refractivity contribution in [3.8, 4) is 40.2 Å². The molecule has 1 atom stereocenters. The van der Waals surface area contributed by atoms with Gasteiger partial charge in [0, 0.05) is 40.4 Å². The van der Waals surface area contributed by atoms with Crippen LogP contribution in [-0.2, 0) is 19.8 Å². The van der Waals surface area contributed by atoms with Crippen LogP contribution in [0.4, 0.5) is 0 Å². The predicted molar refractivity (Wildman–Crippen MR) is 173 cm³/mol. The zero-order chi connectivity index (χ0) is 30.5. The van der Waals surface area contributed by atoms with Crippen molar-refractivity contribution < 1.29 is 18.9 Å². The lowest BCUT2D eigenvalue weighted by atomic mass is 10.0. The van der Waals surface area contributed by atoms with Crippen LogP contribution in [0, 0.1) is 11.3 Å². The molecule has 0 saturated carbocycles. The van der Waals surface area contributed by atoms with E-state index in [1.807, 2.05) is 48.5 Å². The number of piperidine rings is 1. The fourth-order valence-electron chi connectivity index (χ4n) is 5.62. The van der Waals surface area contributed by atoms with Gasteiger partial charge in [-0.25, -0.2) is 4.98 Å². The molecule has 1 aromatic heterocycles. The van der Waals surface area contributed by atoms with Crippen molar-refractivity contribution in [1.82, 2.24) is 9.88 Å². The number of aromatic nitrogens is 1. The number of ether oxygens (including phenoxy) is 4. The normalized spacial score (nSPS) is 16.3. The Morgan fingerprint density at radius 1 is 0.977 bits per heavy atom. The summed E-state index contributed by atoms with van der Waals surface area (Å²) in [5, 5.41) is 9.80. The molecule has 0 N–H and O–H groups in total. The van der Waals surface area contributed by atoms with Gasteiger partial charge in [-0.05, 0) is 89.3 Å². The molecule has 6 rings (SSSR count). The predicted octanol–water partition coefficient (Wildman–Crippen LogP) is 8.34. The van der Waals surface area contributed by atoms with Crippen molar-refractivity contribution in [2.24, 2.45) is 0 Å². The number of hydrogen-bond acceptors (Lipinski definition) is 7. The number of likely N-dealkylation sites (tertiary alicyclic amines) is 1. The molecule has 0 amide bonds. The van der Waals surface area contributed by atoms with E-state index in [0.29, 0.717) is 54.7 Å². The zero-order valence-electron chi connectivity index (χ0n) is 24.5. The van der Waals surface area contributed by atoms with Crippen molar-refractivity contribution >= 4 is 27.5 Å². The zero-order valence-corrected chi connectivity index (χ0v) is 26.9. The lowest BCUT2D eigenvalue weighted by Gasteiger charge is -2.33. The first-order valence-electron chi connectivity index (χ1n) is 14.8.